The van der Waals surface area contributed by atoms with Crippen molar-refractivity contribution < 1.29 is 0 Å². The number of benzene rings is 5. The molecule has 0 unspecified atom stereocenters. The van der Waals surface area contributed by atoms with Gasteiger partial charge < -0.3 is 9.55 Å². The highest BCUT2D eigenvalue weighted by Gasteiger charge is 2.22. The minimum atomic E-state index is 1.15. The largest absolute Gasteiger partial charge is 0.354 e. The van der Waals surface area contributed by atoms with E-state index in [-0.39, 0.29) is 0 Å². The van der Waals surface area contributed by atoms with E-state index >= 15 is 0 Å². The number of aromatic amines is 1. The maximum atomic E-state index is 3.92. The molecule has 0 aliphatic carbocycles. The van der Waals surface area contributed by atoms with Gasteiger partial charge in [0.1, 0.15) is 0 Å². The summed E-state index contributed by atoms with van der Waals surface area (Å²) >= 11 is 0. The van der Waals surface area contributed by atoms with Crippen LogP contribution in [0.3, 0.4) is 0 Å². The van der Waals surface area contributed by atoms with E-state index in [1.807, 2.05) is 12.2 Å². The Morgan fingerprint density at radius 1 is 0.743 bits per heavy atom. The number of fused-ring (bicyclic) bond motifs is 9. The fraction of sp³-hybridized carbons (Fsp3) is 0.0303. The molecule has 0 aliphatic rings. The monoisotopic (exact) mass is 448 g/mol. The molecule has 35 heavy (non-hydrogen) atoms. The first-order chi connectivity index (χ1) is 17.3. The van der Waals surface area contributed by atoms with Gasteiger partial charge >= 0.3 is 0 Å². The lowest BCUT2D eigenvalue weighted by Crippen LogP contribution is -1.97. The number of hydrogen-bond donors (Lipinski definition) is 1. The second kappa shape index (κ2) is 7.48. The van der Waals surface area contributed by atoms with E-state index < -0.39 is 0 Å². The minimum absolute atomic E-state index is 1.15. The number of nitrogens with one attached hydrogen (secondary N) is 1. The van der Waals surface area contributed by atoms with Crippen LogP contribution in [0.25, 0.3) is 66.0 Å². The molecule has 0 spiro atoms. The summed E-state index contributed by atoms with van der Waals surface area (Å²) in [5.74, 6) is 0. The molecule has 1 N–H and O–H groups in total. The summed E-state index contributed by atoms with van der Waals surface area (Å²) in [5, 5.41) is 8.84. The summed E-state index contributed by atoms with van der Waals surface area (Å²) in [6, 6.07) is 32.7. The molecule has 7 aromatic rings. The second-order valence-corrected chi connectivity index (χ2v) is 9.17. The summed E-state index contributed by atoms with van der Waals surface area (Å²) in [5.41, 5.74) is 7.20. The third kappa shape index (κ3) is 2.77. The van der Waals surface area contributed by atoms with E-state index in [2.05, 4.69) is 120 Å². The van der Waals surface area contributed by atoms with Crippen LogP contribution in [-0.2, 0) is 0 Å². The van der Waals surface area contributed by atoms with E-state index in [0.717, 1.165) is 11.2 Å². The van der Waals surface area contributed by atoms with Crippen molar-refractivity contribution in [1.82, 2.24) is 9.55 Å². The van der Waals surface area contributed by atoms with Gasteiger partial charge in [0.25, 0.3) is 0 Å². The normalized spacial score (nSPS) is 12.1. The van der Waals surface area contributed by atoms with Gasteiger partial charge in [0, 0.05) is 38.4 Å². The van der Waals surface area contributed by atoms with Crippen molar-refractivity contribution in [2.75, 3.05) is 0 Å². The summed E-state index contributed by atoms with van der Waals surface area (Å²) < 4.78 is 2.42. The lowest BCUT2D eigenvalue weighted by atomic mass is 9.98. The Balaban J connectivity index is 1.82. The van der Waals surface area contributed by atoms with Gasteiger partial charge in [-0.15, -0.1) is 0 Å². The van der Waals surface area contributed by atoms with Crippen molar-refractivity contribution in [3.05, 3.63) is 121 Å². The SMILES string of the molecule is C=C/C=C\c1c(C)c2c3ccccc3c3[nH]c4cc5ccccc5cc4c3c2n1-c1ccccc1. The highest BCUT2D eigenvalue weighted by molar-refractivity contribution is 6.32. The van der Waals surface area contributed by atoms with Crippen LogP contribution in [0.2, 0.25) is 0 Å². The molecule has 2 nitrogen and oxygen atoms in total. The molecule has 0 fully saturated rings. The van der Waals surface area contributed by atoms with Crippen LogP contribution in [0.5, 0.6) is 0 Å². The van der Waals surface area contributed by atoms with Gasteiger partial charge in [0.15, 0.2) is 0 Å². The number of para-hydroxylation sites is 1. The molecule has 7 rings (SSSR count). The molecule has 166 valence electrons. The second-order valence-electron chi connectivity index (χ2n) is 9.17. The molecule has 0 aliphatic heterocycles. The first kappa shape index (κ1) is 19.9. The number of aromatic nitrogens is 2. The van der Waals surface area contributed by atoms with Gasteiger partial charge in [0.05, 0.1) is 11.0 Å². The fourth-order valence-corrected chi connectivity index (χ4v) is 5.73. The van der Waals surface area contributed by atoms with Crippen LogP contribution >= 0.6 is 0 Å². The van der Waals surface area contributed by atoms with Gasteiger partial charge in [-0.2, -0.15) is 0 Å². The quantitative estimate of drug-likeness (QED) is 0.260. The van der Waals surface area contributed by atoms with E-state index in [0.29, 0.717) is 0 Å². The third-order valence-corrected chi connectivity index (χ3v) is 7.23. The first-order valence-electron chi connectivity index (χ1n) is 12.0. The zero-order valence-electron chi connectivity index (χ0n) is 19.5. The van der Waals surface area contributed by atoms with Crippen molar-refractivity contribution in [3.8, 4) is 5.69 Å². The Kier molecular flexibility index (Phi) is 4.24. The summed E-state index contributed by atoms with van der Waals surface area (Å²) in [4.78, 5) is 3.81. The van der Waals surface area contributed by atoms with Gasteiger partial charge in [-0.3, -0.25) is 0 Å². The van der Waals surface area contributed by atoms with Crippen molar-refractivity contribution in [2.45, 2.75) is 6.92 Å². The van der Waals surface area contributed by atoms with Gasteiger partial charge in [0.2, 0.25) is 0 Å². The average molecular weight is 449 g/mol. The molecule has 0 saturated carbocycles. The van der Waals surface area contributed by atoms with Crippen molar-refractivity contribution in [2.24, 2.45) is 0 Å². The van der Waals surface area contributed by atoms with Crippen LogP contribution in [0.15, 0.2) is 110 Å². The Hall–Kier alpha value is -4.56. The van der Waals surface area contributed by atoms with E-state index in [4.69, 9.17) is 0 Å². The topological polar surface area (TPSA) is 20.7 Å². The van der Waals surface area contributed by atoms with E-state index in [9.17, 15) is 0 Å². The Bertz CT molecular complexity index is 1960. The number of rotatable bonds is 3. The molecule has 0 amide bonds. The maximum absolute atomic E-state index is 3.92. The molecule has 2 aromatic heterocycles. The summed E-state index contributed by atoms with van der Waals surface area (Å²) in [6.07, 6.45) is 6.06. The van der Waals surface area contributed by atoms with Gasteiger partial charge in [-0.1, -0.05) is 85.5 Å². The Morgan fingerprint density at radius 2 is 1.43 bits per heavy atom. The predicted molar refractivity (Wildman–Crippen MR) is 152 cm³/mol. The molecule has 0 saturated heterocycles. The lowest BCUT2D eigenvalue weighted by Gasteiger charge is -2.11. The fourth-order valence-electron chi connectivity index (χ4n) is 5.73. The number of allylic oxidation sites excluding steroid dienone is 2. The van der Waals surface area contributed by atoms with E-state index in [1.165, 1.54) is 60.0 Å². The number of aryl methyl sites for hydroxylation is 1. The maximum Gasteiger partial charge on any atom is 0.0644 e. The number of nitrogens with zero attached hydrogens (tertiary/aromatic N) is 1. The van der Waals surface area contributed by atoms with Crippen molar-refractivity contribution in [1.29, 1.82) is 0 Å². The zero-order chi connectivity index (χ0) is 23.5. The molecule has 0 radical (unpaired) electrons. The van der Waals surface area contributed by atoms with E-state index in [1.54, 1.807) is 0 Å². The van der Waals surface area contributed by atoms with Gasteiger partial charge in [-0.25, -0.2) is 0 Å². The smallest absolute Gasteiger partial charge is 0.0644 e. The molecule has 5 aromatic carbocycles. The highest BCUT2D eigenvalue weighted by Crippen LogP contribution is 2.44. The predicted octanol–water partition coefficient (Wildman–Crippen LogP) is 9.08. The molecule has 2 heterocycles. The van der Waals surface area contributed by atoms with Crippen molar-refractivity contribution in [3.63, 3.8) is 0 Å². The summed E-state index contributed by atoms with van der Waals surface area (Å²) in [7, 11) is 0. The molecule has 0 atom stereocenters. The Morgan fingerprint density at radius 3 is 2.20 bits per heavy atom. The standard InChI is InChI=1S/C33H24N2/c1-3-4-18-29-21(2)30-25-16-10-11-17-26(25)32-31(33(30)35(29)24-14-6-5-7-15-24)27-19-22-12-8-9-13-23(22)20-28(27)34-32/h3-20,34H,1H2,2H3/b18-4-. The number of hydrogen-bond acceptors (Lipinski definition) is 0. The molecule has 2 heteroatoms. The zero-order valence-corrected chi connectivity index (χ0v) is 19.5. The van der Waals surface area contributed by atoms with Crippen LogP contribution in [0.1, 0.15) is 11.3 Å². The third-order valence-electron chi connectivity index (χ3n) is 7.23. The Labute approximate surface area is 203 Å². The lowest BCUT2D eigenvalue weighted by molar-refractivity contribution is 1.10. The number of H-pyrrole nitrogens is 1. The first-order valence-corrected chi connectivity index (χ1v) is 12.0. The molecular formula is C33H24N2. The van der Waals surface area contributed by atoms with Crippen LogP contribution in [0.4, 0.5) is 0 Å². The summed E-state index contributed by atoms with van der Waals surface area (Å²) in [6.45, 7) is 6.17. The van der Waals surface area contributed by atoms with Gasteiger partial charge in [-0.05, 0) is 59.0 Å². The average Bonchev–Trinajstić information content (AvgIpc) is 3.41. The van der Waals surface area contributed by atoms with Crippen LogP contribution in [-0.4, -0.2) is 9.55 Å². The van der Waals surface area contributed by atoms with Crippen LogP contribution < -0.4 is 0 Å². The van der Waals surface area contributed by atoms with Crippen LogP contribution in [0, 0.1) is 6.92 Å². The molecule has 0 bridgehead atoms. The molecular weight excluding hydrogens is 424 g/mol. The van der Waals surface area contributed by atoms with Crippen molar-refractivity contribution >= 4 is 60.3 Å². The minimum Gasteiger partial charge on any atom is -0.354 e. The highest BCUT2D eigenvalue weighted by atomic mass is 15.0.